The van der Waals surface area contributed by atoms with Gasteiger partial charge in [0.2, 0.25) is 0 Å². The van der Waals surface area contributed by atoms with Crippen molar-refractivity contribution in [2.24, 2.45) is 5.92 Å². The molecule has 3 rings (SSSR count). The Balaban J connectivity index is 1.73. The number of benzene rings is 1. The van der Waals surface area contributed by atoms with Crippen LogP contribution in [0, 0.1) is 5.92 Å². The molecule has 2 aromatic rings. The molecule has 1 amide bonds. The predicted molar refractivity (Wildman–Crippen MR) is 84.8 cm³/mol. The Kier molecular flexibility index (Phi) is 4.50. The van der Waals surface area contributed by atoms with Gasteiger partial charge in [-0.15, -0.1) is 0 Å². The number of amides is 1. The Hall–Kier alpha value is -1.78. The van der Waals surface area contributed by atoms with Crippen LogP contribution in [0.3, 0.4) is 0 Å². The van der Waals surface area contributed by atoms with Crippen molar-refractivity contribution in [1.29, 1.82) is 0 Å². The van der Waals surface area contributed by atoms with Crippen LogP contribution in [0.5, 0.6) is 0 Å². The van der Waals surface area contributed by atoms with Crippen molar-refractivity contribution >= 4 is 17.5 Å². The van der Waals surface area contributed by atoms with Crippen LogP contribution < -0.4 is 5.32 Å². The van der Waals surface area contributed by atoms with Crippen LogP contribution in [0.2, 0.25) is 5.02 Å². The van der Waals surface area contributed by atoms with Crippen LogP contribution in [0.1, 0.15) is 29.8 Å². The van der Waals surface area contributed by atoms with Crippen molar-refractivity contribution in [2.45, 2.75) is 25.3 Å². The van der Waals surface area contributed by atoms with Gasteiger partial charge in [0.05, 0.1) is 5.02 Å². The van der Waals surface area contributed by atoms with E-state index in [9.17, 15) is 4.79 Å². The van der Waals surface area contributed by atoms with Crippen LogP contribution in [0.4, 0.5) is 0 Å². The molecule has 1 aliphatic rings. The average molecular weight is 320 g/mol. The molecule has 1 aliphatic carbocycles. The minimum Gasteiger partial charge on any atom is -0.451 e. The molecule has 5 heteroatoms. The average Bonchev–Trinajstić information content (AvgIpc) is 3.24. The van der Waals surface area contributed by atoms with Gasteiger partial charge < -0.3 is 14.8 Å². The molecule has 116 valence electrons. The summed E-state index contributed by atoms with van der Waals surface area (Å²) in [4.78, 5) is 12.3. The zero-order valence-electron chi connectivity index (χ0n) is 12.1. The standard InChI is InChI=1S/C17H18ClNO3/c18-13-4-2-1-3-12(13)15-7-8-16(22-15)17(21)19-14(9-10-20)11-5-6-11/h1-4,7-8,11,14,20H,5-6,9-10H2,(H,19,21). The highest BCUT2D eigenvalue weighted by molar-refractivity contribution is 6.33. The molecule has 0 saturated heterocycles. The second-order valence-corrected chi connectivity index (χ2v) is 5.98. The summed E-state index contributed by atoms with van der Waals surface area (Å²) in [7, 11) is 0. The number of nitrogens with one attached hydrogen (secondary N) is 1. The van der Waals surface area contributed by atoms with E-state index >= 15 is 0 Å². The first-order chi connectivity index (χ1) is 10.7. The summed E-state index contributed by atoms with van der Waals surface area (Å²) in [5, 5.41) is 12.6. The lowest BCUT2D eigenvalue weighted by Gasteiger charge is -2.16. The summed E-state index contributed by atoms with van der Waals surface area (Å²) in [6.45, 7) is 0.0739. The Labute approximate surface area is 134 Å². The van der Waals surface area contributed by atoms with Crippen LogP contribution in [-0.2, 0) is 0 Å². The lowest BCUT2D eigenvalue weighted by atomic mass is 10.1. The fourth-order valence-corrected chi connectivity index (χ4v) is 2.80. The van der Waals surface area contributed by atoms with Gasteiger partial charge in [0.1, 0.15) is 5.76 Å². The van der Waals surface area contributed by atoms with Gasteiger partial charge in [-0.1, -0.05) is 23.7 Å². The number of rotatable bonds is 6. The molecule has 1 aromatic carbocycles. The molecular weight excluding hydrogens is 302 g/mol. The number of carbonyl (C=O) groups is 1. The number of halogens is 1. The number of aliphatic hydroxyl groups excluding tert-OH is 1. The van der Waals surface area contributed by atoms with Crippen LogP contribution in [-0.4, -0.2) is 23.7 Å². The van der Waals surface area contributed by atoms with E-state index < -0.39 is 0 Å². The Bertz CT molecular complexity index is 663. The van der Waals surface area contributed by atoms with Gasteiger partial charge in [-0.25, -0.2) is 0 Å². The first-order valence-corrected chi connectivity index (χ1v) is 7.83. The summed E-state index contributed by atoms with van der Waals surface area (Å²) in [5.41, 5.74) is 0.761. The number of hydrogen-bond acceptors (Lipinski definition) is 3. The third-order valence-electron chi connectivity index (χ3n) is 3.92. The minimum absolute atomic E-state index is 0.0198. The SMILES string of the molecule is O=C(NC(CCO)C1CC1)c1ccc(-c2ccccc2Cl)o1. The van der Waals surface area contributed by atoms with Crippen LogP contribution in [0.15, 0.2) is 40.8 Å². The summed E-state index contributed by atoms with van der Waals surface area (Å²) >= 11 is 6.13. The van der Waals surface area contributed by atoms with Gasteiger partial charge in [-0.05, 0) is 49.4 Å². The van der Waals surface area contributed by atoms with Crippen molar-refractivity contribution in [3.8, 4) is 11.3 Å². The molecular formula is C17H18ClNO3. The molecule has 0 bridgehead atoms. The first kappa shape index (κ1) is 15.1. The van der Waals surface area contributed by atoms with E-state index in [0.717, 1.165) is 18.4 Å². The molecule has 0 spiro atoms. The summed E-state index contributed by atoms with van der Waals surface area (Å²) in [5.74, 6) is 1.07. The molecule has 2 N–H and O–H groups in total. The van der Waals surface area contributed by atoms with E-state index in [4.69, 9.17) is 21.1 Å². The lowest BCUT2D eigenvalue weighted by molar-refractivity contribution is 0.0897. The van der Waals surface area contributed by atoms with Gasteiger partial charge in [-0.2, -0.15) is 0 Å². The van der Waals surface area contributed by atoms with Gasteiger partial charge >= 0.3 is 0 Å². The Morgan fingerprint density at radius 2 is 2.09 bits per heavy atom. The number of carbonyl (C=O) groups excluding carboxylic acids is 1. The maximum atomic E-state index is 12.3. The highest BCUT2D eigenvalue weighted by atomic mass is 35.5. The summed E-state index contributed by atoms with van der Waals surface area (Å²) < 4.78 is 5.63. The second-order valence-electron chi connectivity index (χ2n) is 5.57. The zero-order chi connectivity index (χ0) is 15.5. The largest absolute Gasteiger partial charge is 0.451 e. The van der Waals surface area contributed by atoms with Crippen molar-refractivity contribution in [2.75, 3.05) is 6.61 Å². The van der Waals surface area contributed by atoms with Crippen molar-refractivity contribution in [3.63, 3.8) is 0 Å². The number of hydrogen-bond donors (Lipinski definition) is 2. The molecule has 22 heavy (non-hydrogen) atoms. The van der Waals surface area contributed by atoms with Crippen molar-refractivity contribution in [1.82, 2.24) is 5.32 Å². The van der Waals surface area contributed by atoms with E-state index in [0.29, 0.717) is 23.1 Å². The first-order valence-electron chi connectivity index (χ1n) is 7.45. The third kappa shape index (κ3) is 3.34. The quantitative estimate of drug-likeness (QED) is 0.856. The van der Waals surface area contributed by atoms with E-state index in [1.165, 1.54) is 0 Å². The predicted octanol–water partition coefficient (Wildman–Crippen LogP) is 3.49. The Morgan fingerprint density at radius 3 is 2.77 bits per heavy atom. The normalized spacial score (nSPS) is 15.5. The molecule has 1 atom stereocenters. The number of furan rings is 1. The molecule has 1 fully saturated rings. The summed E-state index contributed by atoms with van der Waals surface area (Å²) in [6, 6.07) is 10.8. The monoisotopic (exact) mass is 319 g/mol. The zero-order valence-corrected chi connectivity index (χ0v) is 12.8. The second kappa shape index (κ2) is 6.55. The topological polar surface area (TPSA) is 62.5 Å². The smallest absolute Gasteiger partial charge is 0.287 e. The minimum atomic E-state index is -0.247. The molecule has 1 unspecified atom stereocenters. The molecule has 1 saturated carbocycles. The maximum Gasteiger partial charge on any atom is 0.287 e. The molecule has 0 radical (unpaired) electrons. The van der Waals surface area contributed by atoms with Gasteiger partial charge in [0, 0.05) is 18.2 Å². The molecule has 0 aliphatic heterocycles. The van der Waals surface area contributed by atoms with Crippen LogP contribution in [0.25, 0.3) is 11.3 Å². The fraction of sp³-hybridized carbons (Fsp3) is 0.353. The lowest BCUT2D eigenvalue weighted by Crippen LogP contribution is -2.36. The van der Waals surface area contributed by atoms with Gasteiger partial charge in [0.25, 0.3) is 5.91 Å². The molecule has 1 heterocycles. The van der Waals surface area contributed by atoms with E-state index in [2.05, 4.69) is 5.32 Å². The molecule has 4 nitrogen and oxygen atoms in total. The fourth-order valence-electron chi connectivity index (χ4n) is 2.57. The highest BCUT2D eigenvalue weighted by Gasteiger charge is 2.32. The van der Waals surface area contributed by atoms with E-state index in [1.807, 2.05) is 18.2 Å². The third-order valence-corrected chi connectivity index (χ3v) is 4.25. The summed E-state index contributed by atoms with van der Waals surface area (Å²) in [6.07, 6.45) is 2.79. The van der Waals surface area contributed by atoms with E-state index in [-0.39, 0.29) is 24.3 Å². The van der Waals surface area contributed by atoms with Gasteiger partial charge in [-0.3, -0.25) is 4.79 Å². The molecule has 1 aromatic heterocycles. The number of aliphatic hydroxyl groups is 1. The Morgan fingerprint density at radius 1 is 1.32 bits per heavy atom. The highest BCUT2D eigenvalue weighted by Crippen LogP contribution is 2.34. The van der Waals surface area contributed by atoms with Crippen molar-refractivity contribution in [3.05, 3.63) is 47.2 Å². The van der Waals surface area contributed by atoms with Crippen molar-refractivity contribution < 1.29 is 14.3 Å². The van der Waals surface area contributed by atoms with E-state index in [1.54, 1.807) is 18.2 Å². The van der Waals surface area contributed by atoms with Gasteiger partial charge in [0.15, 0.2) is 5.76 Å². The van der Waals surface area contributed by atoms with Crippen LogP contribution >= 0.6 is 11.6 Å². The maximum absolute atomic E-state index is 12.3.